The molecule has 0 radical (unpaired) electrons. The number of carboxylic acids is 1. The van der Waals surface area contributed by atoms with Gasteiger partial charge in [-0.1, -0.05) is 0 Å². The molecular weight excluding hydrogens is 244 g/mol. The van der Waals surface area contributed by atoms with Gasteiger partial charge in [-0.25, -0.2) is 0 Å². The number of likely N-dealkylation sites (N-methyl/N-ethyl adjacent to an activating group) is 1. The molecule has 0 aliphatic heterocycles. The molecule has 0 aliphatic carbocycles. The van der Waals surface area contributed by atoms with E-state index in [-0.39, 0.29) is 0 Å². The van der Waals surface area contributed by atoms with E-state index < -0.39 is 18.1 Å². The average molecular weight is 266 g/mol. The van der Waals surface area contributed by atoms with E-state index in [1.807, 2.05) is 26.8 Å². The highest BCUT2D eigenvalue weighted by atomic mass is 16.5. The van der Waals surface area contributed by atoms with Gasteiger partial charge in [0.25, 0.3) is 0 Å². The zero-order valence-corrected chi connectivity index (χ0v) is 12.1. The Labute approximate surface area is 113 Å². The molecule has 0 spiro atoms. The van der Waals surface area contributed by atoms with E-state index in [2.05, 4.69) is 5.32 Å². The van der Waals surface area contributed by atoms with Gasteiger partial charge in [-0.15, -0.1) is 0 Å². The molecule has 2 unspecified atom stereocenters. The minimum atomic E-state index is -1.02. The van der Waals surface area contributed by atoms with Crippen LogP contribution in [0.5, 0.6) is 5.75 Å². The normalized spacial score (nSPS) is 14.0. The summed E-state index contributed by atoms with van der Waals surface area (Å²) >= 11 is 0. The Kier molecular flexibility index (Phi) is 4.91. The molecule has 19 heavy (non-hydrogen) atoms. The van der Waals surface area contributed by atoms with Gasteiger partial charge in [-0.3, -0.25) is 4.79 Å². The lowest BCUT2D eigenvalue weighted by Gasteiger charge is -2.26. The second kappa shape index (κ2) is 6.04. The average Bonchev–Trinajstić information content (AvgIpc) is 2.37. The number of nitrogens with one attached hydrogen (secondary N) is 1. The molecule has 2 atom stereocenters. The number of hydrogen-bond donors (Lipinski definition) is 3. The quantitative estimate of drug-likeness (QED) is 0.748. The number of hydrogen-bond acceptors (Lipinski definition) is 4. The number of aliphatic carboxylic acids is 1. The van der Waals surface area contributed by atoms with Crippen LogP contribution in [0.15, 0.2) is 6.07 Å². The standard InChI is InChI=1S/C14H22N2O3/c1-7-6-10(19-5)8(2)9(3)11(7)13(16-4)12(15)14(17)18/h6,12-13,16H,15H2,1-5H3,(H,17,18). The van der Waals surface area contributed by atoms with Gasteiger partial charge in [0.2, 0.25) is 0 Å². The SMILES string of the molecule is CNC(c1c(C)cc(OC)c(C)c1C)C(N)C(=O)O. The molecule has 5 nitrogen and oxygen atoms in total. The Morgan fingerprint density at radius 2 is 1.95 bits per heavy atom. The van der Waals surface area contributed by atoms with Crippen molar-refractivity contribution in [1.82, 2.24) is 5.32 Å². The molecular formula is C14H22N2O3. The second-order valence-corrected chi connectivity index (χ2v) is 4.69. The molecule has 1 aromatic carbocycles. The number of carboxylic acid groups (broad SMARTS) is 1. The van der Waals surface area contributed by atoms with E-state index in [4.69, 9.17) is 15.6 Å². The van der Waals surface area contributed by atoms with Crippen molar-refractivity contribution < 1.29 is 14.6 Å². The maximum absolute atomic E-state index is 11.1. The van der Waals surface area contributed by atoms with Crippen LogP contribution in [0, 0.1) is 20.8 Å². The number of ether oxygens (including phenoxy) is 1. The monoisotopic (exact) mass is 266 g/mol. The number of aryl methyl sites for hydroxylation is 1. The van der Waals surface area contributed by atoms with Crippen molar-refractivity contribution in [2.45, 2.75) is 32.9 Å². The Balaban J connectivity index is 3.40. The molecule has 1 aromatic rings. The topological polar surface area (TPSA) is 84.6 Å². The zero-order chi connectivity index (χ0) is 14.7. The predicted octanol–water partition coefficient (Wildman–Crippen LogP) is 1.29. The molecule has 0 bridgehead atoms. The van der Waals surface area contributed by atoms with E-state index in [0.29, 0.717) is 0 Å². The fourth-order valence-electron chi connectivity index (χ4n) is 2.40. The highest BCUT2D eigenvalue weighted by Crippen LogP contribution is 2.32. The fraction of sp³-hybridized carbons (Fsp3) is 0.500. The van der Waals surface area contributed by atoms with Gasteiger partial charge in [0.05, 0.1) is 13.2 Å². The van der Waals surface area contributed by atoms with Crippen LogP contribution >= 0.6 is 0 Å². The van der Waals surface area contributed by atoms with Crippen LogP contribution in [0.25, 0.3) is 0 Å². The maximum Gasteiger partial charge on any atom is 0.322 e. The highest BCUT2D eigenvalue weighted by Gasteiger charge is 2.28. The van der Waals surface area contributed by atoms with Gasteiger partial charge >= 0.3 is 5.97 Å². The van der Waals surface area contributed by atoms with Crippen molar-refractivity contribution in [2.24, 2.45) is 5.73 Å². The van der Waals surface area contributed by atoms with Gasteiger partial charge < -0.3 is 20.9 Å². The lowest BCUT2D eigenvalue weighted by atomic mass is 9.89. The third kappa shape index (κ3) is 2.88. The van der Waals surface area contributed by atoms with Crippen LogP contribution < -0.4 is 15.8 Å². The molecule has 4 N–H and O–H groups in total. The number of nitrogens with two attached hydrogens (primary N) is 1. The van der Waals surface area contributed by atoms with E-state index >= 15 is 0 Å². The summed E-state index contributed by atoms with van der Waals surface area (Å²) in [5.74, 6) is -0.218. The first-order valence-electron chi connectivity index (χ1n) is 6.15. The highest BCUT2D eigenvalue weighted by molar-refractivity contribution is 5.75. The van der Waals surface area contributed by atoms with Crippen molar-refractivity contribution in [3.05, 3.63) is 28.3 Å². The first-order chi connectivity index (χ1) is 8.84. The van der Waals surface area contributed by atoms with Crippen LogP contribution in [0.4, 0.5) is 0 Å². The first kappa shape index (κ1) is 15.5. The number of methoxy groups -OCH3 is 1. The van der Waals surface area contributed by atoms with Crippen LogP contribution in [-0.4, -0.2) is 31.3 Å². The summed E-state index contributed by atoms with van der Waals surface area (Å²) in [6, 6.07) is 0.494. The van der Waals surface area contributed by atoms with E-state index in [0.717, 1.165) is 28.0 Å². The summed E-state index contributed by atoms with van der Waals surface area (Å²) in [6.45, 7) is 5.85. The maximum atomic E-state index is 11.1. The molecule has 0 amide bonds. The Morgan fingerprint density at radius 1 is 1.37 bits per heavy atom. The Hall–Kier alpha value is -1.59. The molecule has 0 fully saturated rings. The molecule has 1 rings (SSSR count). The Morgan fingerprint density at radius 3 is 2.37 bits per heavy atom. The molecule has 0 saturated carbocycles. The molecule has 5 heteroatoms. The largest absolute Gasteiger partial charge is 0.496 e. The minimum Gasteiger partial charge on any atom is -0.496 e. The summed E-state index contributed by atoms with van der Waals surface area (Å²) < 4.78 is 5.31. The third-order valence-corrected chi connectivity index (χ3v) is 3.59. The minimum absolute atomic E-state index is 0.429. The summed E-state index contributed by atoms with van der Waals surface area (Å²) in [5.41, 5.74) is 9.67. The number of benzene rings is 1. The predicted molar refractivity (Wildman–Crippen MR) is 74.6 cm³/mol. The van der Waals surface area contributed by atoms with Crippen molar-refractivity contribution >= 4 is 5.97 Å². The molecule has 106 valence electrons. The Bertz CT molecular complexity index is 486. The van der Waals surface area contributed by atoms with Gasteiger partial charge in [0.1, 0.15) is 11.8 Å². The first-order valence-corrected chi connectivity index (χ1v) is 6.15. The van der Waals surface area contributed by atoms with E-state index in [1.165, 1.54) is 0 Å². The van der Waals surface area contributed by atoms with E-state index in [1.54, 1.807) is 14.2 Å². The van der Waals surface area contributed by atoms with Gasteiger partial charge in [0.15, 0.2) is 0 Å². The lowest BCUT2D eigenvalue weighted by molar-refractivity contribution is -0.139. The van der Waals surface area contributed by atoms with E-state index in [9.17, 15) is 4.79 Å². The van der Waals surface area contributed by atoms with Crippen LogP contribution in [0.3, 0.4) is 0 Å². The summed E-state index contributed by atoms with van der Waals surface area (Å²) in [6.07, 6.45) is 0. The van der Waals surface area contributed by atoms with Crippen LogP contribution in [0.1, 0.15) is 28.3 Å². The summed E-state index contributed by atoms with van der Waals surface area (Å²) in [5, 5.41) is 12.1. The second-order valence-electron chi connectivity index (χ2n) is 4.69. The third-order valence-electron chi connectivity index (χ3n) is 3.59. The van der Waals surface area contributed by atoms with Crippen LogP contribution in [0.2, 0.25) is 0 Å². The van der Waals surface area contributed by atoms with Gasteiger partial charge in [-0.2, -0.15) is 0 Å². The van der Waals surface area contributed by atoms with Crippen molar-refractivity contribution in [2.75, 3.05) is 14.2 Å². The lowest BCUT2D eigenvalue weighted by Crippen LogP contribution is -2.43. The van der Waals surface area contributed by atoms with Crippen LogP contribution in [-0.2, 0) is 4.79 Å². The smallest absolute Gasteiger partial charge is 0.322 e. The number of rotatable bonds is 5. The summed E-state index contributed by atoms with van der Waals surface area (Å²) in [4.78, 5) is 11.1. The van der Waals surface area contributed by atoms with Gasteiger partial charge in [0, 0.05) is 0 Å². The van der Waals surface area contributed by atoms with Crippen molar-refractivity contribution in [3.8, 4) is 5.75 Å². The fourth-order valence-corrected chi connectivity index (χ4v) is 2.40. The van der Waals surface area contributed by atoms with Gasteiger partial charge in [-0.05, 0) is 56.1 Å². The zero-order valence-electron chi connectivity index (χ0n) is 12.1. The molecule has 0 heterocycles. The summed E-state index contributed by atoms with van der Waals surface area (Å²) in [7, 11) is 3.34. The molecule has 0 aromatic heterocycles. The number of carbonyl (C=O) groups is 1. The molecule has 0 aliphatic rings. The molecule has 0 saturated heterocycles. The van der Waals surface area contributed by atoms with Crippen molar-refractivity contribution in [3.63, 3.8) is 0 Å². The van der Waals surface area contributed by atoms with Crippen molar-refractivity contribution in [1.29, 1.82) is 0 Å².